The van der Waals surface area contributed by atoms with Gasteiger partial charge < -0.3 is 9.15 Å². The fraction of sp³-hybridized carbons (Fsp3) is 0.222. The van der Waals surface area contributed by atoms with E-state index in [4.69, 9.17) is 14.4 Å². The van der Waals surface area contributed by atoms with E-state index in [1.165, 1.54) is 4.57 Å². The predicted molar refractivity (Wildman–Crippen MR) is 88.4 cm³/mol. The topological polar surface area (TPSA) is 98.1 Å². The maximum absolute atomic E-state index is 12.5. The summed E-state index contributed by atoms with van der Waals surface area (Å²) in [4.78, 5) is 28.7. The van der Waals surface area contributed by atoms with Crippen LogP contribution in [0.15, 0.2) is 51.9 Å². The number of carbonyl (C=O) groups is 1. The number of aromatic nitrogens is 2. The molecule has 0 saturated carbocycles. The molecule has 0 amide bonds. The molecule has 0 radical (unpaired) electrons. The van der Waals surface area contributed by atoms with E-state index in [1.54, 1.807) is 42.7 Å². The van der Waals surface area contributed by atoms with Crippen LogP contribution in [0, 0.1) is 11.3 Å². The molecule has 1 aromatic carbocycles. The van der Waals surface area contributed by atoms with E-state index in [0.717, 1.165) is 0 Å². The van der Waals surface area contributed by atoms with Gasteiger partial charge in [0.05, 0.1) is 29.7 Å². The number of fused-ring (bicyclic) bond motifs is 1. The minimum atomic E-state index is -0.428. The molecule has 0 fully saturated rings. The van der Waals surface area contributed by atoms with Gasteiger partial charge in [0, 0.05) is 6.42 Å². The van der Waals surface area contributed by atoms with Gasteiger partial charge in [0.1, 0.15) is 18.9 Å². The van der Waals surface area contributed by atoms with Gasteiger partial charge in [-0.05, 0) is 24.3 Å². The molecular formula is C18H15N3O4. The van der Waals surface area contributed by atoms with E-state index >= 15 is 0 Å². The second-order valence-electron chi connectivity index (χ2n) is 5.33. The number of hydrogen-bond acceptors (Lipinski definition) is 6. The Labute approximate surface area is 143 Å². The molecular weight excluding hydrogens is 322 g/mol. The molecule has 0 aliphatic carbocycles. The van der Waals surface area contributed by atoms with Crippen molar-refractivity contribution in [2.45, 2.75) is 26.0 Å². The Hall–Kier alpha value is -3.40. The highest BCUT2D eigenvalue weighted by atomic mass is 16.5. The lowest BCUT2D eigenvalue weighted by Gasteiger charge is -2.11. The Bertz CT molecular complexity index is 984. The van der Waals surface area contributed by atoms with Crippen molar-refractivity contribution in [3.63, 3.8) is 0 Å². The molecule has 2 heterocycles. The number of hydrogen-bond donors (Lipinski definition) is 0. The summed E-state index contributed by atoms with van der Waals surface area (Å²) in [6.07, 6.45) is 2.13. The monoisotopic (exact) mass is 337 g/mol. The number of benzene rings is 1. The summed E-state index contributed by atoms with van der Waals surface area (Å²) in [6, 6.07) is 12.3. The fourth-order valence-electron chi connectivity index (χ4n) is 2.46. The Morgan fingerprint density at radius 3 is 2.88 bits per heavy atom. The van der Waals surface area contributed by atoms with Gasteiger partial charge in [-0.15, -0.1) is 0 Å². The maximum atomic E-state index is 12.5. The van der Waals surface area contributed by atoms with Gasteiger partial charge >= 0.3 is 5.97 Å². The van der Waals surface area contributed by atoms with Crippen LogP contribution in [0.2, 0.25) is 0 Å². The van der Waals surface area contributed by atoms with E-state index < -0.39 is 5.97 Å². The van der Waals surface area contributed by atoms with E-state index in [1.807, 2.05) is 6.07 Å². The van der Waals surface area contributed by atoms with Gasteiger partial charge in [-0.3, -0.25) is 14.2 Å². The van der Waals surface area contributed by atoms with Crippen LogP contribution < -0.4 is 5.56 Å². The van der Waals surface area contributed by atoms with Crippen LogP contribution >= 0.6 is 0 Å². The van der Waals surface area contributed by atoms with Crippen LogP contribution in [0.5, 0.6) is 0 Å². The predicted octanol–water partition coefficient (Wildman–Crippen LogP) is 2.19. The molecule has 0 bridgehead atoms. The van der Waals surface area contributed by atoms with E-state index in [9.17, 15) is 9.59 Å². The number of rotatable bonds is 6. The van der Waals surface area contributed by atoms with Crippen molar-refractivity contribution in [2.24, 2.45) is 0 Å². The summed E-state index contributed by atoms with van der Waals surface area (Å²) in [5.74, 6) is 0.515. The number of carbonyl (C=O) groups excluding carboxylic acids is 1. The van der Waals surface area contributed by atoms with Crippen LogP contribution in [-0.4, -0.2) is 15.5 Å². The van der Waals surface area contributed by atoms with E-state index in [0.29, 0.717) is 23.1 Å². The quantitative estimate of drug-likeness (QED) is 0.639. The van der Waals surface area contributed by atoms with Crippen molar-refractivity contribution >= 4 is 16.9 Å². The molecule has 7 nitrogen and oxygen atoms in total. The number of ether oxygens (including phenoxy) is 1. The first kappa shape index (κ1) is 16.5. The summed E-state index contributed by atoms with van der Waals surface area (Å²) >= 11 is 0. The summed E-state index contributed by atoms with van der Waals surface area (Å²) < 4.78 is 11.6. The molecule has 2 aromatic heterocycles. The standard InChI is InChI=1S/C18H15N3O4/c19-9-10-21-16(20-15-6-2-1-5-14(15)18(21)23)12-25-17(22)8-7-13-4-3-11-24-13/h1-6,11H,7-8,10,12H2. The first-order valence-corrected chi connectivity index (χ1v) is 7.72. The third-order valence-corrected chi connectivity index (χ3v) is 3.69. The normalized spacial score (nSPS) is 10.5. The lowest BCUT2D eigenvalue weighted by molar-refractivity contribution is -0.145. The van der Waals surface area contributed by atoms with Crippen molar-refractivity contribution in [3.8, 4) is 6.07 Å². The summed E-state index contributed by atoms with van der Waals surface area (Å²) in [7, 11) is 0. The highest BCUT2D eigenvalue weighted by Crippen LogP contribution is 2.10. The number of furan rings is 1. The highest BCUT2D eigenvalue weighted by Gasteiger charge is 2.13. The third-order valence-electron chi connectivity index (χ3n) is 3.69. The lowest BCUT2D eigenvalue weighted by atomic mass is 10.2. The van der Waals surface area contributed by atoms with Gasteiger partial charge in [-0.2, -0.15) is 5.26 Å². The molecule has 0 N–H and O–H groups in total. The zero-order valence-corrected chi connectivity index (χ0v) is 13.3. The maximum Gasteiger partial charge on any atom is 0.306 e. The number of nitriles is 1. The van der Waals surface area contributed by atoms with Gasteiger partial charge in [0.25, 0.3) is 5.56 Å². The average Bonchev–Trinajstić information content (AvgIpc) is 3.14. The van der Waals surface area contributed by atoms with Crippen molar-refractivity contribution in [3.05, 3.63) is 64.6 Å². The Kier molecular flexibility index (Phi) is 4.90. The molecule has 0 aliphatic rings. The van der Waals surface area contributed by atoms with Gasteiger partial charge in [0.15, 0.2) is 5.82 Å². The van der Waals surface area contributed by atoms with Gasteiger partial charge in [-0.1, -0.05) is 12.1 Å². The lowest BCUT2D eigenvalue weighted by Crippen LogP contribution is -2.26. The van der Waals surface area contributed by atoms with Gasteiger partial charge in [0.2, 0.25) is 0 Å². The molecule has 0 atom stereocenters. The second-order valence-corrected chi connectivity index (χ2v) is 5.33. The largest absolute Gasteiger partial charge is 0.469 e. The molecule has 25 heavy (non-hydrogen) atoms. The SMILES string of the molecule is N#CCn1c(COC(=O)CCc2ccco2)nc2ccccc2c1=O. The number of aryl methyl sites for hydroxylation is 1. The number of para-hydroxylation sites is 1. The van der Waals surface area contributed by atoms with Crippen LogP contribution in [0.1, 0.15) is 18.0 Å². The summed E-state index contributed by atoms with van der Waals surface area (Å²) in [5, 5.41) is 9.37. The van der Waals surface area contributed by atoms with Crippen molar-refractivity contribution in [1.29, 1.82) is 5.26 Å². The molecule has 126 valence electrons. The Morgan fingerprint density at radius 2 is 2.12 bits per heavy atom. The highest BCUT2D eigenvalue weighted by molar-refractivity contribution is 5.77. The van der Waals surface area contributed by atoms with Crippen molar-refractivity contribution in [1.82, 2.24) is 9.55 Å². The number of esters is 1. The van der Waals surface area contributed by atoms with Crippen LogP contribution in [0.3, 0.4) is 0 Å². The van der Waals surface area contributed by atoms with Gasteiger partial charge in [-0.25, -0.2) is 4.98 Å². The van der Waals surface area contributed by atoms with Crippen molar-refractivity contribution in [2.75, 3.05) is 0 Å². The minimum Gasteiger partial charge on any atom is -0.469 e. The Balaban J connectivity index is 1.76. The van der Waals surface area contributed by atoms with E-state index in [-0.39, 0.29) is 31.0 Å². The third kappa shape index (κ3) is 3.75. The Morgan fingerprint density at radius 1 is 1.28 bits per heavy atom. The molecule has 0 spiro atoms. The zero-order chi connectivity index (χ0) is 17.6. The smallest absolute Gasteiger partial charge is 0.306 e. The van der Waals surface area contributed by atoms with Crippen LogP contribution in [-0.2, 0) is 29.1 Å². The summed E-state index contributed by atoms with van der Waals surface area (Å²) in [5.41, 5.74) is 0.178. The molecule has 0 saturated heterocycles. The van der Waals surface area contributed by atoms with Crippen LogP contribution in [0.4, 0.5) is 0 Å². The van der Waals surface area contributed by atoms with Crippen LogP contribution in [0.25, 0.3) is 10.9 Å². The molecule has 0 unspecified atom stereocenters. The molecule has 0 aliphatic heterocycles. The first-order chi connectivity index (χ1) is 12.2. The average molecular weight is 337 g/mol. The molecule has 3 rings (SSSR count). The molecule has 7 heteroatoms. The number of nitrogens with zero attached hydrogens (tertiary/aromatic N) is 3. The zero-order valence-electron chi connectivity index (χ0n) is 13.3. The fourth-order valence-corrected chi connectivity index (χ4v) is 2.46. The second kappa shape index (κ2) is 7.45. The first-order valence-electron chi connectivity index (χ1n) is 7.72. The minimum absolute atomic E-state index is 0.156. The van der Waals surface area contributed by atoms with Crippen molar-refractivity contribution < 1.29 is 13.9 Å². The molecule has 3 aromatic rings. The van der Waals surface area contributed by atoms with E-state index in [2.05, 4.69) is 4.98 Å². The summed E-state index contributed by atoms with van der Waals surface area (Å²) in [6.45, 7) is -0.325.